The molecule has 8 nitrogen and oxygen atoms in total. The molecule has 4 rings (SSSR count). The zero-order valence-electron chi connectivity index (χ0n) is 18.7. The molecule has 0 N–H and O–H groups in total. The average Bonchev–Trinajstić information content (AvgIpc) is 2.79. The standard InChI is InChI=1S/C25H26N2O6/c1-16(28)32-20-8-9-23(33-17(2)29)21(15-20)25(31)26-13-11-19(12-14-26)27-22-6-4-3-5-18(22)7-10-24(27)30/h3-6,8-9,15,19H,7,10-14H2,1-2H3. The summed E-state index contributed by atoms with van der Waals surface area (Å²) in [6, 6.07) is 12.3. The second-order valence-electron chi connectivity index (χ2n) is 8.26. The van der Waals surface area contributed by atoms with Gasteiger partial charge in [-0.25, -0.2) is 0 Å². The summed E-state index contributed by atoms with van der Waals surface area (Å²) in [6.07, 6.45) is 2.52. The first-order valence-corrected chi connectivity index (χ1v) is 11.0. The van der Waals surface area contributed by atoms with Gasteiger partial charge in [0.2, 0.25) is 5.91 Å². The van der Waals surface area contributed by atoms with Crippen molar-refractivity contribution in [2.45, 2.75) is 45.6 Å². The molecule has 0 radical (unpaired) electrons. The number of carbonyl (C=O) groups is 4. The molecule has 33 heavy (non-hydrogen) atoms. The highest BCUT2D eigenvalue weighted by atomic mass is 16.5. The van der Waals surface area contributed by atoms with E-state index in [1.54, 1.807) is 4.90 Å². The first-order valence-electron chi connectivity index (χ1n) is 11.0. The normalized spacial score (nSPS) is 16.2. The molecule has 2 heterocycles. The third-order valence-corrected chi connectivity index (χ3v) is 5.94. The molecule has 2 aliphatic heterocycles. The lowest BCUT2D eigenvalue weighted by molar-refractivity contribution is -0.133. The Morgan fingerprint density at radius 1 is 0.909 bits per heavy atom. The van der Waals surface area contributed by atoms with Crippen LogP contribution in [0.3, 0.4) is 0 Å². The number of hydrogen-bond acceptors (Lipinski definition) is 6. The van der Waals surface area contributed by atoms with E-state index >= 15 is 0 Å². The van der Waals surface area contributed by atoms with Crippen molar-refractivity contribution in [3.63, 3.8) is 0 Å². The van der Waals surface area contributed by atoms with E-state index in [1.807, 2.05) is 23.1 Å². The van der Waals surface area contributed by atoms with E-state index in [0.29, 0.717) is 32.4 Å². The molecule has 0 bridgehead atoms. The lowest BCUT2D eigenvalue weighted by atomic mass is 9.95. The number of benzene rings is 2. The Balaban J connectivity index is 1.51. The van der Waals surface area contributed by atoms with E-state index in [2.05, 4.69) is 6.07 Å². The molecule has 0 saturated carbocycles. The monoisotopic (exact) mass is 450 g/mol. The highest BCUT2D eigenvalue weighted by Gasteiger charge is 2.34. The van der Waals surface area contributed by atoms with Crippen molar-refractivity contribution in [3.05, 3.63) is 53.6 Å². The number of piperidine rings is 1. The molecule has 0 aliphatic carbocycles. The van der Waals surface area contributed by atoms with E-state index in [4.69, 9.17) is 9.47 Å². The summed E-state index contributed by atoms with van der Waals surface area (Å²) in [5, 5.41) is 0. The van der Waals surface area contributed by atoms with Gasteiger partial charge in [-0.3, -0.25) is 19.2 Å². The average molecular weight is 450 g/mol. The second kappa shape index (κ2) is 9.44. The molecule has 1 fully saturated rings. The van der Waals surface area contributed by atoms with Crippen LogP contribution in [-0.4, -0.2) is 47.8 Å². The molecule has 172 valence electrons. The van der Waals surface area contributed by atoms with Crippen molar-refractivity contribution in [2.24, 2.45) is 0 Å². The molecule has 2 aromatic carbocycles. The number of para-hydroxylation sites is 1. The van der Waals surface area contributed by atoms with Crippen LogP contribution in [0.1, 0.15) is 49.0 Å². The van der Waals surface area contributed by atoms with E-state index in [9.17, 15) is 19.2 Å². The first-order chi connectivity index (χ1) is 15.8. The molecule has 0 aromatic heterocycles. The number of anilines is 1. The van der Waals surface area contributed by atoms with Gasteiger partial charge in [-0.15, -0.1) is 0 Å². The predicted molar refractivity (Wildman–Crippen MR) is 120 cm³/mol. The fourth-order valence-corrected chi connectivity index (χ4v) is 4.50. The molecule has 8 heteroatoms. The topological polar surface area (TPSA) is 93.2 Å². The number of esters is 2. The molecule has 1 saturated heterocycles. The summed E-state index contributed by atoms with van der Waals surface area (Å²) in [5.74, 6) is -0.946. The van der Waals surface area contributed by atoms with Crippen LogP contribution in [0.2, 0.25) is 0 Å². The van der Waals surface area contributed by atoms with Crippen LogP contribution in [0.25, 0.3) is 0 Å². The van der Waals surface area contributed by atoms with E-state index in [1.165, 1.54) is 37.6 Å². The summed E-state index contributed by atoms with van der Waals surface area (Å²) in [4.78, 5) is 52.4. The summed E-state index contributed by atoms with van der Waals surface area (Å²) in [5.41, 5.74) is 2.29. The summed E-state index contributed by atoms with van der Waals surface area (Å²) in [6.45, 7) is 3.43. The van der Waals surface area contributed by atoms with Gasteiger partial charge in [0.1, 0.15) is 11.5 Å². The fraction of sp³-hybridized carbons (Fsp3) is 0.360. The number of amides is 2. The molecule has 0 unspecified atom stereocenters. The molecule has 2 amide bonds. The van der Waals surface area contributed by atoms with Crippen LogP contribution in [0.15, 0.2) is 42.5 Å². The van der Waals surface area contributed by atoms with Crippen LogP contribution in [0.4, 0.5) is 5.69 Å². The Hall–Kier alpha value is -3.68. The maximum absolute atomic E-state index is 13.3. The number of aryl methyl sites for hydroxylation is 1. The van der Waals surface area contributed by atoms with E-state index in [-0.39, 0.29) is 34.9 Å². The van der Waals surface area contributed by atoms with E-state index < -0.39 is 11.9 Å². The van der Waals surface area contributed by atoms with Gasteiger partial charge < -0.3 is 19.3 Å². The smallest absolute Gasteiger partial charge is 0.308 e. The summed E-state index contributed by atoms with van der Waals surface area (Å²) >= 11 is 0. The van der Waals surface area contributed by atoms with Gasteiger partial charge in [-0.1, -0.05) is 18.2 Å². The molecular weight excluding hydrogens is 424 g/mol. The van der Waals surface area contributed by atoms with Crippen molar-refractivity contribution in [2.75, 3.05) is 18.0 Å². The number of fused-ring (bicyclic) bond motifs is 1. The maximum atomic E-state index is 13.3. The Morgan fingerprint density at radius 3 is 2.30 bits per heavy atom. The minimum absolute atomic E-state index is 0.0170. The Labute approximate surface area is 192 Å². The lowest BCUT2D eigenvalue weighted by Crippen LogP contribution is -2.50. The molecule has 0 spiro atoms. The fourth-order valence-electron chi connectivity index (χ4n) is 4.50. The van der Waals surface area contributed by atoms with Gasteiger partial charge in [-0.05, 0) is 49.1 Å². The third kappa shape index (κ3) is 4.89. The Kier molecular flexibility index (Phi) is 6.44. The van der Waals surface area contributed by atoms with Crippen LogP contribution in [0, 0.1) is 0 Å². The van der Waals surface area contributed by atoms with Crippen LogP contribution < -0.4 is 14.4 Å². The van der Waals surface area contributed by atoms with Gasteiger partial charge in [0.05, 0.1) is 5.56 Å². The number of ether oxygens (including phenoxy) is 2. The number of nitrogens with zero attached hydrogens (tertiary/aromatic N) is 2. The third-order valence-electron chi connectivity index (χ3n) is 5.94. The lowest BCUT2D eigenvalue weighted by Gasteiger charge is -2.41. The minimum atomic E-state index is -0.551. The predicted octanol–water partition coefficient (Wildman–Crippen LogP) is 3.12. The maximum Gasteiger partial charge on any atom is 0.308 e. The number of carbonyl (C=O) groups excluding carboxylic acids is 4. The minimum Gasteiger partial charge on any atom is -0.427 e. The van der Waals surface area contributed by atoms with Gasteiger partial charge in [0.15, 0.2) is 0 Å². The number of rotatable bonds is 4. The second-order valence-corrected chi connectivity index (χ2v) is 8.26. The number of hydrogen-bond donors (Lipinski definition) is 0. The van der Waals surface area contributed by atoms with Gasteiger partial charge in [-0.2, -0.15) is 0 Å². The number of likely N-dealkylation sites (tertiary alicyclic amines) is 1. The molecule has 0 atom stereocenters. The van der Waals surface area contributed by atoms with Gasteiger partial charge >= 0.3 is 11.9 Å². The quantitative estimate of drug-likeness (QED) is 0.525. The van der Waals surface area contributed by atoms with Crippen molar-refractivity contribution < 1.29 is 28.7 Å². The largest absolute Gasteiger partial charge is 0.427 e. The first kappa shape index (κ1) is 22.5. The summed E-state index contributed by atoms with van der Waals surface area (Å²) < 4.78 is 10.3. The van der Waals surface area contributed by atoms with Crippen molar-refractivity contribution in [3.8, 4) is 11.5 Å². The van der Waals surface area contributed by atoms with Crippen LogP contribution in [-0.2, 0) is 20.8 Å². The molecule has 2 aromatic rings. The zero-order valence-corrected chi connectivity index (χ0v) is 18.7. The zero-order chi connectivity index (χ0) is 23.5. The van der Waals surface area contributed by atoms with E-state index in [0.717, 1.165) is 12.1 Å². The van der Waals surface area contributed by atoms with Crippen molar-refractivity contribution in [1.82, 2.24) is 4.90 Å². The molecule has 2 aliphatic rings. The SMILES string of the molecule is CC(=O)Oc1ccc(OC(C)=O)c(C(=O)N2CCC(N3C(=O)CCc4ccccc43)CC2)c1. The summed E-state index contributed by atoms with van der Waals surface area (Å²) in [7, 11) is 0. The van der Waals surface area contributed by atoms with Gasteiger partial charge in [0, 0.05) is 45.1 Å². The highest BCUT2D eigenvalue weighted by molar-refractivity contribution is 5.99. The van der Waals surface area contributed by atoms with Gasteiger partial charge in [0.25, 0.3) is 5.91 Å². The van der Waals surface area contributed by atoms with Crippen LogP contribution >= 0.6 is 0 Å². The Bertz CT molecular complexity index is 1100. The van der Waals surface area contributed by atoms with Crippen LogP contribution in [0.5, 0.6) is 11.5 Å². The van der Waals surface area contributed by atoms with Crippen molar-refractivity contribution >= 4 is 29.4 Å². The van der Waals surface area contributed by atoms with Crippen molar-refractivity contribution in [1.29, 1.82) is 0 Å². The highest BCUT2D eigenvalue weighted by Crippen LogP contribution is 2.33. The Morgan fingerprint density at radius 2 is 1.61 bits per heavy atom. The molecular formula is C25H26N2O6.